The molecule has 2 atom stereocenters. The number of ether oxygens (including phenoxy) is 1. The monoisotopic (exact) mass is 341 g/mol. The molecule has 2 N–H and O–H groups in total. The topological polar surface area (TPSA) is 87.1 Å². The Balaban J connectivity index is 0.000000265. The van der Waals surface area contributed by atoms with E-state index >= 15 is 0 Å². The maximum atomic E-state index is 9.10. The van der Waals surface area contributed by atoms with Gasteiger partial charge in [0.2, 0.25) is 0 Å². The van der Waals surface area contributed by atoms with E-state index in [-0.39, 0.29) is 0 Å². The summed E-state index contributed by atoms with van der Waals surface area (Å²) in [6.45, 7) is 2.22. The second kappa shape index (κ2) is 6.94. The standard InChI is InChI=1S/C17H17NO.C2H2O4/c1-18-10-14-12-6-2-4-8-16(12)19-17-9-5-3-7-13(17)15(14)11-18;3-1(4)2(5)6/h2-9,14-15H,10-11H2,1H3;(H,3,4)(H,5,6)/t14-,15-;/m0./s1. The van der Waals surface area contributed by atoms with Crippen LogP contribution in [0, 0.1) is 0 Å². The summed E-state index contributed by atoms with van der Waals surface area (Å²) in [4.78, 5) is 20.6. The van der Waals surface area contributed by atoms with Crippen molar-refractivity contribution < 1.29 is 24.5 Å². The van der Waals surface area contributed by atoms with Crippen LogP contribution in [0.5, 0.6) is 11.5 Å². The first-order valence-corrected chi connectivity index (χ1v) is 7.98. The third-order valence-electron chi connectivity index (χ3n) is 4.54. The third kappa shape index (κ3) is 3.49. The molecule has 130 valence electrons. The number of para-hydroxylation sites is 2. The summed E-state index contributed by atoms with van der Waals surface area (Å²) < 4.78 is 6.16. The number of carboxylic acids is 2. The van der Waals surface area contributed by atoms with Crippen LogP contribution in [0.2, 0.25) is 0 Å². The first-order valence-electron chi connectivity index (χ1n) is 7.98. The Kier molecular flexibility index (Phi) is 4.72. The number of carboxylic acid groups (broad SMARTS) is 2. The first-order chi connectivity index (χ1) is 12.0. The minimum absolute atomic E-state index is 0.546. The van der Waals surface area contributed by atoms with Crippen LogP contribution in [0.25, 0.3) is 0 Å². The molecule has 0 amide bonds. The van der Waals surface area contributed by atoms with Crippen molar-refractivity contribution in [2.75, 3.05) is 20.1 Å². The van der Waals surface area contributed by atoms with Crippen LogP contribution in [0.3, 0.4) is 0 Å². The smallest absolute Gasteiger partial charge is 0.414 e. The molecule has 0 aromatic heterocycles. The normalized spacial score (nSPS) is 20.7. The molecule has 6 heteroatoms. The summed E-state index contributed by atoms with van der Waals surface area (Å²) in [6.07, 6.45) is 0. The van der Waals surface area contributed by atoms with Crippen molar-refractivity contribution in [1.82, 2.24) is 4.90 Å². The van der Waals surface area contributed by atoms with Crippen LogP contribution in [0.1, 0.15) is 23.0 Å². The molecule has 0 spiro atoms. The molecular formula is C19H19NO5. The molecule has 0 unspecified atom stereocenters. The number of benzene rings is 2. The van der Waals surface area contributed by atoms with Gasteiger partial charge in [0, 0.05) is 24.9 Å². The van der Waals surface area contributed by atoms with E-state index in [1.807, 2.05) is 0 Å². The van der Waals surface area contributed by atoms with Gasteiger partial charge >= 0.3 is 11.9 Å². The molecule has 1 fully saturated rings. The Morgan fingerprint density at radius 3 is 1.68 bits per heavy atom. The molecule has 6 nitrogen and oxygen atoms in total. The zero-order valence-corrected chi connectivity index (χ0v) is 13.8. The van der Waals surface area contributed by atoms with E-state index in [2.05, 4.69) is 60.5 Å². The van der Waals surface area contributed by atoms with Gasteiger partial charge in [-0.05, 0) is 30.3 Å². The summed E-state index contributed by atoms with van der Waals surface area (Å²) >= 11 is 0. The fourth-order valence-electron chi connectivity index (χ4n) is 3.51. The molecule has 1 saturated heterocycles. The lowest BCUT2D eigenvalue weighted by atomic mass is 9.84. The number of rotatable bonds is 0. The molecular weight excluding hydrogens is 322 g/mol. The minimum atomic E-state index is -1.82. The summed E-state index contributed by atoms with van der Waals surface area (Å²) in [6, 6.07) is 17.0. The summed E-state index contributed by atoms with van der Waals surface area (Å²) in [5, 5.41) is 14.8. The molecule has 2 aromatic rings. The highest BCUT2D eigenvalue weighted by Crippen LogP contribution is 2.49. The molecule has 2 heterocycles. The van der Waals surface area contributed by atoms with Gasteiger partial charge in [-0.1, -0.05) is 36.4 Å². The van der Waals surface area contributed by atoms with Crippen molar-refractivity contribution in [2.24, 2.45) is 0 Å². The van der Waals surface area contributed by atoms with Crippen molar-refractivity contribution in [2.45, 2.75) is 11.8 Å². The molecule has 0 bridgehead atoms. The van der Waals surface area contributed by atoms with Gasteiger partial charge in [0.05, 0.1) is 0 Å². The van der Waals surface area contributed by atoms with Crippen LogP contribution in [-0.4, -0.2) is 47.2 Å². The van der Waals surface area contributed by atoms with Gasteiger partial charge in [-0.25, -0.2) is 9.59 Å². The maximum absolute atomic E-state index is 9.10. The second-order valence-corrected chi connectivity index (χ2v) is 6.22. The van der Waals surface area contributed by atoms with E-state index in [4.69, 9.17) is 24.5 Å². The van der Waals surface area contributed by atoms with E-state index in [1.165, 1.54) is 11.1 Å². The molecule has 0 saturated carbocycles. The summed E-state index contributed by atoms with van der Waals surface area (Å²) in [5.74, 6) is -0.504. The quantitative estimate of drug-likeness (QED) is 0.717. The molecule has 0 aliphatic carbocycles. The average molecular weight is 341 g/mol. The predicted molar refractivity (Wildman–Crippen MR) is 91.2 cm³/mol. The van der Waals surface area contributed by atoms with E-state index < -0.39 is 11.9 Å². The number of hydrogen-bond donors (Lipinski definition) is 2. The van der Waals surface area contributed by atoms with Gasteiger partial charge in [-0.15, -0.1) is 0 Å². The zero-order chi connectivity index (χ0) is 18.0. The Morgan fingerprint density at radius 2 is 1.28 bits per heavy atom. The van der Waals surface area contributed by atoms with E-state index in [0.717, 1.165) is 24.6 Å². The molecule has 4 rings (SSSR count). The lowest BCUT2D eigenvalue weighted by Crippen LogP contribution is -2.14. The van der Waals surface area contributed by atoms with Gasteiger partial charge < -0.3 is 19.8 Å². The van der Waals surface area contributed by atoms with Crippen molar-refractivity contribution in [3.8, 4) is 11.5 Å². The Bertz CT molecular complexity index is 738. The van der Waals surface area contributed by atoms with Crippen molar-refractivity contribution in [3.05, 3.63) is 59.7 Å². The van der Waals surface area contributed by atoms with Crippen molar-refractivity contribution >= 4 is 11.9 Å². The Morgan fingerprint density at radius 1 is 0.880 bits per heavy atom. The maximum Gasteiger partial charge on any atom is 0.414 e. The lowest BCUT2D eigenvalue weighted by molar-refractivity contribution is -0.159. The second-order valence-electron chi connectivity index (χ2n) is 6.22. The molecule has 0 radical (unpaired) electrons. The van der Waals surface area contributed by atoms with Gasteiger partial charge in [0.1, 0.15) is 11.5 Å². The Hall–Kier alpha value is -2.86. The van der Waals surface area contributed by atoms with Crippen molar-refractivity contribution in [1.29, 1.82) is 0 Å². The summed E-state index contributed by atoms with van der Waals surface area (Å²) in [7, 11) is 2.21. The largest absolute Gasteiger partial charge is 0.473 e. The minimum Gasteiger partial charge on any atom is -0.473 e. The highest BCUT2D eigenvalue weighted by Gasteiger charge is 2.38. The summed E-state index contributed by atoms with van der Waals surface area (Å²) in [5.41, 5.74) is 2.71. The number of nitrogens with zero attached hydrogens (tertiary/aromatic N) is 1. The van der Waals surface area contributed by atoms with Crippen LogP contribution >= 0.6 is 0 Å². The van der Waals surface area contributed by atoms with Crippen LogP contribution < -0.4 is 4.74 Å². The lowest BCUT2D eigenvalue weighted by Gasteiger charge is -2.16. The molecule has 25 heavy (non-hydrogen) atoms. The number of fused-ring (bicyclic) bond motifs is 5. The highest BCUT2D eigenvalue weighted by atomic mass is 16.5. The van der Waals surface area contributed by atoms with Gasteiger partial charge in [-0.2, -0.15) is 0 Å². The van der Waals surface area contributed by atoms with E-state index in [0.29, 0.717) is 11.8 Å². The molecule has 2 aromatic carbocycles. The van der Waals surface area contributed by atoms with E-state index in [9.17, 15) is 0 Å². The first kappa shape index (κ1) is 17.0. The Labute approximate surface area is 145 Å². The third-order valence-corrected chi connectivity index (χ3v) is 4.54. The van der Waals surface area contributed by atoms with Gasteiger partial charge in [0.15, 0.2) is 0 Å². The fraction of sp³-hybridized carbons (Fsp3) is 0.263. The number of likely N-dealkylation sites (N-methyl/N-ethyl adjacent to an activating group) is 1. The van der Waals surface area contributed by atoms with Gasteiger partial charge in [0.25, 0.3) is 0 Å². The highest BCUT2D eigenvalue weighted by molar-refractivity contribution is 6.27. The fourth-order valence-corrected chi connectivity index (χ4v) is 3.51. The van der Waals surface area contributed by atoms with Crippen molar-refractivity contribution in [3.63, 3.8) is 0 Å². The number of carbonyl (C=O) groups is 2. The van der Waals surface area contributed by atoms with Gasteiger partial charge in [-0.3, -0.25) is 0 Å². The SMILES string of the molecule is CN1C[C@H]2c3ccccc3Oc3ccccc3[C@@H]2C1.O=C(O)C(=O)O. The average Bonchev–Trinajstić information content (AvgIpc) is 2.92. The number of hydrogen-bond acceptors (Lipinski definition) is 4. The predicted octanol–water partition coefficient (Wildman–Crippen LogP) is 2.76. The molecule has 2 aliphatic rings. The van der Waals surface area contributed by atoms with Crippen LogP contribution in [0.15, 0.2) is 48.5 Å². The van der Waals surface area contributed by atoms with Crippen LogP contribution in [0.4, 0.5) is 0 Å². The number of aliphatic carboxylic acids is 2. The number of likely N-dealkylation sites (tertiary alicyclic amines) is 1. The zero-order valence-electron chi connectivity index (χ0n) is 13.8. The van der Waals surface area contributed by atoms with Crippen LogP contribution in [-0.2, 0) is 9.59 Å². The molecule has 2 aliphatic heterocycles. The van der Waals surface area contributed by atoms with E-state index in [1.54, 1.807) is 0 Å².